The molecule has 206 valence electrons. The molecule has 6 aromatic carbocycles. The Morgan fingerprint density at radius 3 is 0.561 bits per heavy atom. The van der Waals surface area contributed by atoms with Gasteiger partial charge in [-0.3, -0.25) is 0 Å². The molecule has 0 fully saturated rings. The zero-order valence-corrected chi connectivity index (χ0v) is 26.2. The van der Waals surface area contributed by atoms with Crippen LogP contribution in [-0.4, -0.2) is 4.99 Å². The Labute approximate surface area is 255 Å². The molecule has 0 radical (unpaired) electrons. The van der Waals surface area contributed by atoms with Crippen molar-refractivity contribution in [1.29, 1.82) is 0 Å². The molecule has 0 aliphatic carbocycles. The SMILES string of the molecule is C[CH]=[Ni].c1ccc([PH+](c2ccccc2)c2ccccc2)cc1.c1ccc([PH+](c2ccccc2)c2ccccc2)cc1. The molecule has 41 heavy (non-hydrogen) atoms. The first kappa shape index (κ1) is 30.5. The molecule has 0 nitrogen and oxygen atoms in total. The first-order valence-corrected chi connectivity index (χ1v) is 17.3. The smallest absolute Gasteiger partial charge is 0.0620 e. The fraction of sp³-hybridized carbons (Fsp3) is 0.0263. The second kappa shape index (κ2) is 17.4. The fourth-order valence-electron chi connectivity index (χ4n) is 4.63. The van der Waals surface area contributed by atoms with Crippen molar-refractivity contribution >= 4 is 52.7 Å². The molecule has 3 heteroatoms. The van der Waals surface area contributed by atoms with E-state index in [1.54, 1.807) is 4.99 Å². The van der Waals surface area contributed by atoms with E-state index >= 15 is 0 Å². The van der Waals surface area contributed by atoms with Crippen LogP contribution in [0.4, 0.5) is 0 Å². The van der Waals surface area contributed by atoms with Gasteiger partial charge in [-0.1, -0.05) is 109 Å². The van der Waals surface area contributed by atoms with Crippen molar-refractivity contribution < 1.29 is 15.0 Å². The molecule has 6 rings (SSSR count). The summed E-state index contributed by atoms with van der Waals surface area (Å²) in [6.07, 6.45) is 0. The predicted octanol–water partition coefficient (Wildman–Crippen LogP) is 6.71. The van der Waals surface area contributed by atoms with Crippen LogP contribution in [0.25, 0.3) is 0 Å². The summed E-state index contributed by atoms with van der Waals surface area (Å²) in [5, 5.41) is 8.61. The molecule has 0 unspecified atom stereocenters. The first-order valence-electron chi connectivity index (χ1n) is 13.7. The van der Waals surface area contributed by atoms with Crippen LogP contribution in [0, 0.1) is 0 Å². The Balaban J connectivity index is 0.000000173. The van der Waals surface area contributed by atoms with Gasteiger partial charge in [0.1, 0.15) is 31.8 Å². The van der Waals surface area contributed by atoms with E-state index < -0.39 is 15.8 Å². The summed E-state index contributed by atoms with van der Waals surface area (Å²) in [6.45, 7) is 1.83. The summed E-state index contributed by atoms with van der Waals surface area (Å²) >= 11 is 4.04. The normalized spacial score (nSPS) is 10.2. The summed E-state index contributed by atoms with van der Waals surface area (Å²) in [7, 11) is -1.75. The molecule has 0 aliphatic rings. The van der Waals surface area contributed by atoms with Gasteiger partial charge in [-0.2, -0.15) is 0 Å². The van der Waals surface area contributed by atoms with Crippen molar-refractivity contribution in [2.24, 2.45) is 0 Å². The summed E-state index contributed by atoms with van der Waals surface area (Å²) in [6, 6.07) is 65.0. The molecule has 0 saturated carbocycles. The molecule has 0 heterocycles. The maximum atomic E-state index is 4.04. The Hall–Kier alpha value is -3.46. The van der Waals surface area contributed by atoms with E-state index in [9.17, 15) is 0 Å². The molecule has 0 aliphatic heterocycles. The van der Waals surface area contributed by atoms with Gasteiger partial charge in [0.25, 0.3) is 0 Å². The van der Waals surface area contributed by atoms with Crippen molar-refractivity contribution in [2.45, 2.75) is 6.92 Å². The summed E-state index contributed by atoms with van der Waals surface area (Å²) in [5.74, 6) is 0. The number of rotatable bonds is 6. The van der Waals surface area contributed by atoms with Crippen LogP contribution in [0.15, 0.2) is 182 Å². The van der Waals surface area contributed by atoms with Gasteiger partial charge in [0.05, 0.1) is 15.8 Å². The van der Waals surface area contributed by atoms with Crippen LogP contribution >= 0.6 is 15.8 Å². The monoisotopic (exact) mass is 612 g/mol. The second-order valence-electron chi connectivity index (χ2n) is 9.13. The molecule has 0 bridgehead atoms. The first-order chi connectivity index (χ1) is 20.3. The van der Waals surface area contributed by atoms with Gasteiger partial charge in [0.15, 0.2) is 0 Å². The second-order valence-corrected chi connectivity index (χ2v) is 14.7. The van der Waals surface area contributed by atoms with Crippen molar-refractivity contribution in [2.75, 3.05) is 0 Å². The average molecular weight is 613 g/mol. The molecule has 6 aromatic rings. The van der Waals surface area contributed by atoms with E-state index in [1.165, 1.54) is 31.8 Å². The molecule has 0 atom stereocenters. The van der Waals surface area contributed by atoms with Crippen molar-refractivity contribution in [1.82, 2.24) is 0 Å². The third-order valence-corrected chi connectivity index (χ3v) is 11.8. The molecule has 0 amide bonds. The minimum absolute atomic E-state index is 0.877. The van der Waals surface area contributed by atoms with E-state index in [-0.39, 0.29) is 0 Å². The van der Waals surface area contributed by atoms with Gasteiger partial charge in [-0.25, -0.2) is 0 Å². The molecule has 0 spiro atoms. The van der Waals surface area contributed by atoms with Crippen molar-refractivity contribution in [3.63, 3.8) is 0 Å². The van der Waals surface area contributed by atoms with Gasteiger partial charge in [-0.15, -0.1) is 0 Å². The van der Waals surface area contributed by atoms with Gasteiger partial charge >= 0.3 is 26.9 Å². The summed E-state index contributed by atoms with van der Waals surface area (Å²) in [4.78, 5) is 1.62. The van der Waals surface area contributed by atoms with E-state index in [4.69, 9.17) is 0 Å². The molecular formula is C38H36NiP2+2. The van der Waals surface area contributed by atoms with Crippen LogP contribution in [0.3, 0.4) is 0 Å². The van der Waals surface area contributed by atoms with Crippen molar-refractivity contribution in [3.05, 3.63) is 182 Å². The maximum absolute atomic E-state index is 4.04. The van der Waals surface area contributed by atoms with Gasteiger partial charge in [0, 0.05) is 0 Å². The molecular weight excluding hydrogens is 577 g/mol. The third-order valence-electron chi connectivity index (χ3n) is 6.37. The fourth-order valence-corrected chi connectivity index (χ4v) is 9.78. The van der Waals surface area contributed by atoms with E-state index in [2.05, 4.69) is 197 Å². The van der Waals surface area contributed by atoms with E-state index in [1.807, 2.05) is 6.92 Å². The average Bonchev–Trinajstić information content (AvgIpc) is 3.05. The zero-order valence-electron chi connectivity index (χ0n) is 23.2. The van der Waals surface area contributed by atoms with Crippen LogP contribution < -0.4 is 31.8 Å². The molecule has 0 aromatic heterocycles. The third kappa shape index (κ3) is 9.28. The largest absolute Gasteiger partial charge is 0.102 e. The van der Waals surface area contributed by atoms with E-state index in [0.717, 1.165) is 0 Å². The van der Waals surface area contributed by atoms with Crippen LogP contribution in [0.2, 0.25) is 0 Å². The molecule has 0 N–H and O–H groups in total. The van der Waals surface area contributed by atoms with Gasteiger partial charge in [-0.05, 0) is 72.8 Å². The Morgan fingerprint density at radius 1 is 0.317 bits per heavy atom. The summed E-state index contributed by atoms with van der Waals surface area (Å²) < 4.78 is 0. The Kier molecular flexibility index (Phi) is 12.9. The number of benzene rings is 6. The predicted molar refractivity (Wildman–Crippen MR) is 185 cm³/mol. The van der Waals surface area contributed by atoms with Crippen LogP contribution in [0.5, 0.6) is 0 Å². The van der Waals surface area contributed by atoms with Crippen molar-refractivity contribution in [3.8, 4) is 0 Å². The quantitative estimate of drug-likeness (QED) is 0.145. The van der Waals surface area contributed by atoms with Gasteiger partial charge < -0.3 is 0 Å². The standard InChI is InChI=1S/2C18H15P.C2H4.Ni/c2*1-4-10-16(11-5-1)19(17-12-6-2-7-13-17)18-14-8-3-9-15-18;1-2;/h2*1-15H;1H,2H3;/p+2. The number of hydrogen-bond donors (Lipinski definition) is 0. The summed E-state index contributed by atoms with van der Waals surface area (Å²) in [5.41, 5.74) is 0. The number of hydrogen-bond acceptors (Lipinski definition) is 0. The van der Waals surface area contributed by atoms with Crippen LogP contribution in [-0.2, 0) is 15.0 Å². The molecule has 0 saturated heterocycles. The minimum atomic E-state index is -0.877. The van der Waals surface area contributed by atoms with E-state index in [0.29, 0.717) is 0 Å². The Bertz CT molecular complexity index is 1220. The van der Waals surface area contributed by atoms with Gasteiger partial charge in [0.2, 0.25) is 0 Å². The van der Waals surface area contributed by atoms with Crippen LogP contribution in [0.1, 0.15) is 6.92 Å². The topological polar surface area (TPSA) is 0 Å². The zero-order chi connectivity index (χ0) is 28.5. The minimum Gasteiger partial charge on any atom is -0.0620 e. The Morgan fingerprint density at radius 2 is 0.439 bits per heavy atom. The maximum Gasteiger partial charge on any atom is 0.102 e.